The molecule has 4 rings (SSSR count). The maximum Gasteiger partial charge on any atom is 0.253 e. The lowest BCUT2D eigenvalue weighted by molar-refractivity contribution is 0.0628. The van der Waals surface area contributed by atoms with Gasteiger partial charge in [0.15, 0.2) is 23.0 Å². The maximum absolute atomic E-state index is 13.4. The SMILES string of the molecule is COc1cc(CN2CCN(C(=O)c3ccc4c(OC)c(OC)c(OC)cc4c3)CC2)cc(OC)c1OC.Cl. The number of halogens is 1. The summed E-state index contributed by atoms with van der Waals surface area (Å²) < 4.78 is 32.9. The minimum atomic E-state index is 0. The molecule has 0 spiro atoms. The molecule has 1 heterocycles. The molecule has 0 unspecified atom stereocenters. The molecule has 0 saturated carbocycles. The zero-order valence-corrected chi connectivity index (χ0v) is 23.5. The van der Waals surface area contributed by atoms with Crippen LogP contribution >= 0.6 is 12.4 Å². The second kappa shape index (κ2) is 12.8. The van der Waals surface area contributed by atoms with Crippen LogP contribution in [0.5, 0.6) is 34.5 Å². The van der Waals surface area contributed by atoms with Gasteiger partial charge in [-0.1, -0.05) is 0 Å². The molecule has 0 aliphatic carbocycles. The molecule has 1 aliphatic rings. The minimum Gasteiger partial charge on any atom is -0.493 e. The van der Waals surface area contributed by atoms with Gasteiger partial charge in [-0.2, -0.15) is 0 Å². The number of methoxy groups -OCH3 is 6. The molecule has 0 atom stereocenters. The molecule has 0 radical (unpaired) electrons. The van der Waals surface area contributed by atoms with Gasteiger partial charge >= 0.3 is 0 Å². The van der Waals surface area contributed by atoms with Crippen molar-refractivity contribution in [2.45, 2.75) is 6.54 Å². The fraction of sp³-hybridized carbons (Fsp3) is 0.393. The highest BCUT2D eigenvalue weighted by Gasteiger charge is 2.24. The van der Waals surface area contributed by atoms with Gasteiger partial charge in [0.25, 0.3) is 5.91 Å². The second-order valence-electron chi connectivity index (χ2n) is 8.68. The zero-order chi connectivity index (χ0) is 26.5. The van der Waals surface area contributed by atoms with Crippen molar-refractivity contribution < 1.29 is 33.2 Å². The van der Waals surface area contributed by atoms with Crippen LogP contribution in [0.1, 0.15) is 15.9 Å². The molecule has 0 bridgehead atoms. The molecule has 206 valence electrons. The number of amides is 1. The summed E-state index contributed by atoms with van der Waals surface area (Å²) in [6.07, 6.45) is 0. The molecule has 38 heavy (non-hydrogen) atoms. The van der Waals surface area contributed by atoms with Gasteiger partial charge in [-0.05, 0) is 47.3 Å². The van der Waals surface area contributed by atoms with Crippen molar-refractivity contribution >= 4 is 29.1 Å². The van der Waals surface area contributed by atoms with E-state index >= 15 is 0 Å². The van der Waals surface area contributed by atoms with Crippen LogP contribution in [-0.2, 0) is 6.54 Å². The summed E-state index contributed by atoms with van der Waals surface area (Å²) in [6, 6.07) is 11.4. The quantitative estimate of drug-likeness (QED) is 0.394. The van der Waals surface area contributed by atoms with Crippen molar-refractivity contribution in [2.75, 3.05) is 68.8 Å². The fourth-order valence-electron chi connectivity index (χ4n) is 4.79. The number of benzene rings is 3. The lowest BCUT2D eigenvalue weighted by atomic mass is 10.0. The third-order valence-corrected chi connectivity index (χ3v) is 6.68. The summed E-state index contributed by atoms with van der Waals surface area (Å²) in [7, 11) is 9.56. The molecule has 0 N–H and O–H groups in total. The van der Waals surface area contributed by atoms with Crippen molar-refractivity contribution in [2.24, 2.45) is 0 Å². The molecule has 3 aromatic rings. The van der Waals surface area contributed by atoms with E-state index < -0.39 is 0 Å². The largest absolute Gasteiger partial charge is 0.493 e. The highest BCUT2D eigenvalue weighted by molar-refractivity contribution is 6.01. The molecule has 0 aromatic heterocycles. The van der Waals surface area contributed by atoms with Crippen LogP contribution < -0.4 is 28.4 Å². The van der Waals surface area contributed by atoms with E-state index in [0.717, 1.165) is 36.0 Å². The van der Waals surface area contributed by atoms with Gasteiger partial charge in [-0.3, -0.25) is 9.69 Å². The van der Waals surface area contributed by atoms with E-state index in [2.05, 4.69) is 4.90 Å². The monoisotopic (exact) mass is 546 g/mol. The Morgan fingerprint density at radius 1 is 0.684 bits per heavy atom. The molecule has 1 fully saturated rings. The summed E-state index contributed by atoms with van der Waals surface area (Å²) in [5, 5.41) is 1.70. The number of hydrogen-bond acceptors (Lipinski definition) is 8. The Kier molecular flexibility index (Phi) is 9.77. The summed E-state index contributed by atoms with van der Waals surface area (Å²) in [5.74, 6) is 3.50. The number of nitrogens with zero attached hydrogens (tertiary/aromatic N) is 2. The number of carbonyl (C=O) groups excluding carboxylic acids is 1. The lowest BCUT2D eigenvalue weighted by Crippen LogP contribution is -2.48. The second-order valence-corrected chi connectivity index (χ2v) is 8.68. The topological polar surface area (TPSA) is 78.9 Å². The van der Waals surface area contributed by atoms with E-state index in [-0.39, 0.29) is 18.3 Å². The number of rotatable bonds is 9. The minimum absolute atomic E-state index is 0. The summed E-state index contributed by atoms with van der Waals surface area (Å²) in [4.78, 5) is 17.6. The summed E-state index contributed by atoms with van der Waals surface area (Å²) in [6.45, 7) is 3.51. The first-order valence-electron chi connectivity index (χ1n) is 12.0. The number of hydrogen-bond donors (Lipinski definition) is 0. The summed E-state index contributed by atoms with van der Waals surface area (Å²) >= 11 is 0. The highest BCUT2D eigenvalue weighted by atomic mass is 35.5. The number of piperazine rings is 1. The molecule has 3 aromatic carbocycles. The molecular weight excluding hydrogens is 512 g/mol. The van der Waals surface area contributed by atoms with Crippen LogP contribution in [0.4, 0.5) is 0 Å². The predicted octanol–water partition coefficient (Wildman–Crippen LogP) is 4.27. The normalized spacial score (nSPS) is 13.5. The van der Waals surface area contributed by atoms with Gasteiger partial charge < -0.3 is 33.3 Å². The van der Waals surface area contributed by atoms with E-state index in [4.69, 9.17) is 28.4 Å². The van der Waals surface area contributed by atoms with Crippen LogP contribution in [0, 0.1) is 0 Å². The smallest absolute Gasteiger partial charge is 0.253 e. The van der Waals surface area contributed by atoms with Crippen molar-refractivity contribution in [3.63, 3.8) is 0 Å². The van der Waals surface area contributed by atoms with Crippen molar-refractivity contribution in [3.8, 4) is 34.5 Å². The molecule has 1 aliphatic heterocycles. The van der Waals surface area contributed by atoms with Crippen LogP contribution in [0.2, 0.25) is 0 Å². The number of fused-ring (bicyclic) bond motifs is 1. The van der Waals surface area contributed by atoms with Gasteiger partial charge in [0.2, 0.25) is 11.5 Å². The third kappa shape index (κ3) is 5.63. The van der Waals surface area contributed by atoms with Gasteiger partial charge in [-0.25, -0.2) is 0 Å². The van der Waals surface area contributed by atoms with Gasteiger partial charge in [-0.15, -0.1) is 12.4 Å². The van der Waals surface area contributed by atoms with Crippen molar-refractivity contribution in [1.82, 2.24) is 9.80 Å². The van der Waals surface area contributed by atoms with Crippen LogP contribution in [0.25, 0.3) is 10.8 Å². The first-order chi connectivity index (χ1) is 18.0. The van der Waals surface area contributed by atoms with Crippen LogP contribution in [0.15, 0.2) is 36.4 Å². The Bertz CT molecular complexity index is 1250. The Labute approximate surface area is 229 Å². The number of carbonyl (C=O) groups is 1. The molecule has 1 saturated heterocycles. The van der Waals surface area contributed by atoms with E-state index in [0.29, 0.717) is 53.2 Å². The van der Waals surface area contributed by atoms with E-state index in [1.54, 1.807) is 42.7 Å². The van der Waals surface area contributed by atoms with Gasteiger partial charge in [0.1, 0.15) is 0 Å². The number of ether oxygens (including phenoxy) is 6. The molecule has 9 nitrogen and oxygen atoms in total. The van der Waals surface area contributed by atoms with Gasteiger partial charge in [0, 0.05) is 43.7 Å². The average molecular weight is 547 g/mol. The first-order valence-corrected chi connectivity index (χ1v) is 12.0. The Hall–Kier alpha value is -3.56. The third-order valence-electron chi connectivity index (χ3n) is 6.68. The van der Waals surface area contributed by atoms with Crippen molar-refractivity contribution in [3.05, 3.63) is 47.5 Å². The first kappa shape index (κ1) is 29.0. The van der Waals surface area contributed by atoms with E-state index in [1.807, 2.05) is 41.3 Å². The zero-order valence-electron chi connectivity index (χ0n) is 22.7. The Morgan fingerprint density at radius 3 is 1.76 bits per heavy atom. The molecular formula is C28H35ClN2O7. The predicted molar refractivity (Wildman–Crippen MR) is 148 cm³/mol. The highest BCUT2D eigenvalue weighted by Crippen LogP contribution is 2.43. The van der Waals surface area contributed by atoms with Crippen molar-refractivity contribution in [1.29, 1.82) is 0 Å². The van der Waals surface area contributed by atoms with Gasteiger partial charge in [0.05, 0.1) is 42.7 Å². The van der Waals surface area contributed by atoms with E-state index in [1.165, 1.54) is 0 Å². The van der Waals surface area contributed by atoms with Crippen LogP contribution in [0.3, 0.4) is 0 Å². The summed E-state index contributed by atoms with van der Waals surface area (Å²) in [5.41, 5.74) is 1.68. The molecule has 10 heteroatoms. The van der Waals surface area contributed by atoms with E-state index in [9.17, 15) is 4.79 Å². The lowest BCUT2D eigenvalue weighted by Gasteiger charge is -2.35. The molecule has 1 amide bonds. The average Bonchev–Trinajstić information content (AvgIpc) is 2.94. The Morgan fingerprint density at radius 2 is 1.24 bits per heavy atom. The maximum atomic E-state index is 13.4. The fourth-order valence-corrected chi connectivity index (χ4v) is 4.79. The standard InChI is InChI=1S/C28H34N2O7.ClH/c1-32-22-13-18(14-23(33-2)26(22)36-5)17-29-9-11-30(12-10-29)28(31)19-7-8-21-20(15-19)16-24(34-3)27(37-6)25(21)35-4;/h7-8,13-16H,9-12,17H2,1-6H3;1H. The van der Waals surface area contributed by atoms with Crippen LogP contribution in [-0.4, -0.2) is 84.5 Å². The Balaban J connectivity index is 0.00000400.